The zero-order valence-corrected chi connectivity index (χ0v) is 12.8. The maximum atomic E-state index is 11.8. The molecule has 114 valence electrons. The molecule has 0 aliphatic carbocycles. The number of anilines is 1. The van der Waals surface area contributed by atoms with Gasteiger partial charge in [0.15, 0.2) is 0 Å². The number of urea groups is 1. The number of carboxylic acids is 2. The molecule has 0 aromatic heterocycles. The lowest BCUT2D eigenvalue weighted by molar-refractivity contribution is -0.140. The van der Waals surface area contributed by atoms with Gasteiger partial charge in [0.2, 0.25) is 0 Å². The molecule has 7 nitrogen and oxygen atoms in total. The van der Waals surface area contributed by atoms with Crippen molar-refractivity contribution in [1.29, 1.82) is 0 Å². The van der Waals surface area contributed by atoms with Crippen molar-refractivity contribution in [1.82, 2.24) is 5.32 Å². The molecule has 0 saturated carbocycles. The Morgan fingerprint density at radius 2 is 1.95 bits per heavy atom. The summed E-state index contributed by atoms with van der Waals surface area (Å²) >= 11 is 3.27. The Labute approximate surface area is 129 Å². The third-order valence-corrected chi connectivity index (χ3v) is 3.31. The lowest BCUT2D eigenvalue weighted by Gasteiger charge is -2.15. The highest BCUT2D eigenvalue weighted by molar-refractivity contribution is 9.10. The van der Waals surface area contributed by atoms with Gasteiger partial charge in [-0.1, -0.05) is 6.07 Å². The van der Waals surface area contributed by atoms with E-state index in [1.807, 2.05) is 13.0 Å². The fourth-order valence-corrected chi connectivity index (χ4v) is 1.92. The fourth-order valence-electron chi connectivity index (χ4n) is 1.58. The summed E-state index contributed by atoms with van der Waals surface area (Å²) in [5.74, 6) is -2.40. The number of halogens is 1. The van der Waals surface area contributed by atoms with Gasteiger partial charge in [-0.25, -0.2) is 9.59 Å². The summed E-state index contributed by atoms with van der Waals surface area (Å²) in [6.45, 7) is 1.85. The largest absolute Gasteiger partial charge is 0.481 e. The maximum Gasteiger partial charge on any atom is 0.326 e. The Kier molecular flexibility index (Phi) is 6.16. The Bertz CT molecular complexity index is 561. The number of amides is 2. The van der Waals surface area contributed by atoms with Gasteiger partial charge in [0, 0.05) is 10.9 Å². The number of aryl methyl sites for hydroxylation is 1. The highest BCUT2D eigenvalue weighted by Crippen LogP contribution is 2.23. The van der Waals surface area contributed by atoms with E-state index in [0.717, 1.165) is 5.56 Å². The van der Waals surface area contributed by atoms with Gasteiger partial charge in [0.25, 0.3) is 0 Å². The minimum absolute atomic E-state index is 0.187. The second kappa shape index (κ2) is 7.63. The SMILES string of the molecule is Cc1ccc(Br)c(NC(=O)N[C@@H](CCC(=O)O)C(=O)O)c1. The lowest BCUT2D eigenvalue weighted by Crippen LogP contribution is -2.43. The highest BCUT2D eigenvalue weighted by atomic mass is 79.9. The Morgan fingerprint density at radius 3 is 2.52 bits per heavy atom. The van der Waals surface area contributed by atoms with E-state index in [-0.39, 0.29) is 12.8 Å². The molecule has 0 bridgehead atoms. The smallest absolute Gasteiger partial charge is 0.326 e. The molecule has 1 atom stereocenters. The first-order chi connectivity index (χ1) is 9.79. The molecule has 4 N–H and O–H groups in total. The lowest BCUT2D eigenvalue weighted by atomic mass is 10.1. The first-order valence-electron chi connectivity index (χ1n) is 6.08. The number of nitrogens with one attached hydrogen (secondary N) is 2. The van der Waals surface area contributed by atoms with E-state index >= 15 is 0 Å². The molecule has 0 aliphatic rings. The summed E-state index contributed by atoms with van der Waals surface area (Å²) < 4.78 is 0.653. The van der Waals surface area contributed by atoms with Gasteiger partial charge < -0.3 is 20.8 Å². The van der Waals surface area contributed by atoms with E-state index in [1.165, 1.54) is 0 Å². The van der Waals surface area contributed by atoms with Crippen LogP contribution in [0.25, 0.3) is 0 Å². The van der Waals surface area contributed by atoms with Gasteiger partial charge in [-0.3, -0.25) is 4.79 Å². The standard InChI is InChI=1S/C13H15BrN2O5/c1-7-2-3-8(14)10(6-7)16-13(21)15-9(12(19)20)4-5-11(17)18/h2-3,6,9H,4-5H2,1H3,(H,17,18)(H,19,20)(H2,15,16,21)/t9-/m0/s1. The molecule has 0 aliphatic heterocycles. The van der Waals surface area contributed by atoms with Crippen LogP contribution in [0.1, 0.15) is 18.4 Å². The Hall–Kier alpha value is -2.09. The minimum atomic E-state index is -1.28. The maximum absolute atomic E-state index is 11.8. The van der Waals surface area contributed by atoms with Crippen molar-refractivity contribution >= 4 is 39.6 Å². The highest BCUT2D eigenvalue weighted by Gasteiger charge is 2.21. The molecule has 0 spiro atoms. The van der Waals surface area contributed by atoms with Crippen molar-refractivity contribution in [3.05, 3.63) is 28.2 Å². The van der Waals surface area contributed by atoms with Crippen LogP contribution in [-0.2, 0) is 9.59 Å². The molecular formula is C13H15BrN2O5. The summed E-state index contributed by atoms with van der Waals surface area (Å²) in [4.78, 5) is 33.2. The number of hydrogen-bond acceptors (Lipinski definition) is 3. The van der Waals surface area contributed by atoms with Gasteiger partial charge in [-0.05, 0) is 47.0 Å². The van der Waals surface area contributed by atoms with Gasteiger partial charge in [0.05, 0.1) is 5.69 Å². The van der Waals surface area contributed by atoms with Crippen LogP contribution < -0.4 is 10.6 Å². The zero-order chi connectivity index (χ0) is 16.0. The molecule has 1 aromatic rings. The van der Waals surface area contributed by atoms with E-state index in [1.54, 1.807) is 12.1 Å². The third-order valence-electron chi connectivity index (χ3n) is 2.62. The van der Waals surface area contributed by atoms with Gasteiger partial charge >= 0.3 is 18.0 Å². The molecular weight excluding hydrogens is 344 g/mol. The number of hydrogen-bond donors (Lipinski definition) is 4. The van der Waals surface area contributed by atoms with E-state index in [9.17, 15) is 14.4 Å². The van der Waals surface area contributed by atoms with E-state index < -0.39 is 24.0 Å². The molecule has 0 heterocycles. The van der Waals surface area contributed by atoms with Crippen LogP contribution >= 0.6 is 15.9 Å². The molecule has 0 unspecified atom stereocenters. The normalized spacial score (nSPS) is 11.5. The van der Waals surface area contributed by atoms with Crippen LogP contribution in [0.3, 0.4) is 0 Å². The van der Waals surface area contributed by atoms with Crippen molar-refractivity contribution in [3.63, 3.8) is 0 Å². The number of carbonyl (C=O) groups is 3. The van der Waals surface area contributed by atoms with Gasteiger partial charge in [0.1, 0.15) is 6.04 Å². The van der Waals surface area contributed by atoms with Gasteiger partial charge in [-0.15, -0.1) is 0 Å². The Morgan fingerprint density at radius 1 is 1.29 bits per heavy atom. The summed E-state index contributed by atoms with van der Waals surface area (Å²) in [6, 6.07) is 3.35. The van der Waals surface area contributed by atoms with Crippen LogP contribution in [0.5, 0.6) is 0 Å². The summed E-state index contributed by atoms with van der Waals surface area (Å²) in [5, 5.41) is 22.3. The van der Waals surface area contributed by atoms with Crippen LogP contribution in [0.15, 0.2) is 22.7 Å². The van der Waals surface area contributed by atoms with Crippen LogP contribution in [0.4, 0.5) is 10.5 Å². The van der Waals surface area contributed by atoms with Crippen molar-refractivity contribution in [2.75, 3.05) is 5.32 Å². The molecule has 0 saturated heterocycles. The molecule has 1 rings (SSSR count). The summed E-state index contributed by atoms with van der Waals surface area (Å²) in [7, 11) is 0. The molecule has 1 aromatic carbocycles. The van der Waals surface area contributed by atoms with Crippen LogP contribution in [0, 0.1) is 6.92 Å². The number of carboxylic acid groups (broad SMARTS) is 2. The predicted molar refractivity (Wildman–Crippen MR) is 79.3 cm³/mol. The topological polar surface area (TPSA) is 116 Å². The van der Waals surface area contributed by atoms with E-state index in [0.29, 0.717) is 10.2 Å². The third kappa shape index (κ3) is 5.82. The first kappa shape index (κ1) is 17.0. The average Bonchev–Trinajstić information content (AvgIpc) is 2.38. The molecule has 21 heavy (non-hydrogen) atoms. The van der Waals surface area contributed by atoms with Crippen molar-refractivity contribution in [3.8, 4) is 0 Å². The average molecular weight is 359 g/mol. The van der Waals surface area contributed by atoms with Crippen LogP contribution in [-0.4, -0.2) is 34.2 Å². The predicted octanol–water partition coefficient (Wildman–Crippen LogP) is 2.20. The zero-order valence-electron chi connectivity index (χ0n) is 11.2. The van der Waals surface area contributed by atoms with Crippen molar-refractivity contribution in [2.45, 2.75) is 25.8 Å². The summed E-state index contributed by atoms with van der Waals surface area (Å²) in [6.07, 6.45) is -0.529. The quantitative estimate of drug-likeness (QED) is 0.622. The molecule has 2 amide bonds. The number of rotatable bonds is 6. The number of carbonyl (C=O) groups excluding carboxylic acids is 1. The Balaban J connectivity index is 2.67. The second-order valence-corrected chi connectivity index (χ2v) is 5.26. The second-order valence-electron chi connectivity index (χ2n) is 4.40. The van der Waals surface area contributed by atoms with Crippen molar-refractivity contribution in [2.24, 2.45) is 0 Å². The monoisotopic (exact) mass is 358 g/mol. The first-order valence-corrected chi connectivity index (χ1v) is 6.87. The number of aliphatic carboxylic acids is 2. The molecule has 0 radical (unpaired) electrons. The fraction of sp³-hybridized carbons (Fsp3) is 0.308. The minimum Gasteiger partial charge on any atom is -0.481 e. The van der Waals surface area contributed by atoms with Gasteiger partial charge in [-0.2, -0.15) is 0 Å². The molecule has 0 fully saturated rings. The van der Waals surface area contributed by atoms with Crippen LogP contribution in [0.2, 0.25) is 0 Å². The molecule has 8 heteroatoms. The van der Waals surface area contributed by atoms with E-state index in [2.05, 4.69) is 26.6 Å². The van der Waals surface area contributed by atoms with E-state index in [4.69, 9.17) is 10.2 Å². The van der Waals surface area contributed by atoms with Crippen molar-refractivity contribution < 1.29 is 24.6 Å². The summed E-state index contributed by atoms with van der Waals surface area (Å²) in [5.41, 5.74) is 1.42. The number of benzene rings is 1.